The van der Waals surface area contributed by atoms with Gasteiger partial charge >= 0.3 is 0 Å². The Morgan fingerprint density at radius 3 is 3.00 bits per heavy atom. The Bertz CT molecular complexity index is 167. The summed E-state index contributed by atoms with van der Waals surface area (Å²) in [6, 6.07) is 0.184. The minimum atomic E-state index is 0.146. The number of hydrogen-bond donors (Lipinski definition) is 1. The maximum atomic E-state index is 11.2. The summed E-state index contributed by atoms with van der Waals surface area (Å²) < 4.78 is 0. The van der Waals surface area contributed by atoms with E-state index in [1.807, 2.05) is 0 Å². The number of amides is 1. The molecule has 1 amide bonds. The minimum absolute atomic E-state index is 0.146. The second-order valence-corrected chi connectivity index (χ2v) is 2.88. The summed E-state index contributed by atoms with van der Waals surface area (Å²) in [5.41, 5.74) is 5.64. The van der Waals surface area contributed by atoms with Gasteiger partial charge in [-0.1, -0.05) is 6.08 Å². The summed E-state index contributed by atoms with van der Waals surface area (Å²) in [7, 11) is 0. The molecule has 1 saturated heterocycles. The zero-order chi connectivity index (χ0) is 8.27. The van der Waals surface area contributed by atoms with Crippen LogP contribution in [0.15, 0.2) is 12.7 Å². The van der Waals surface area contributed by atoms with Gasteiger partial charge in [-0.25, -0.2) is 0 Å². The third-order valence-corrected chi connectivity index (χ3v) is 1.90. The molecule has 0 unspecified atom stereocenters. The largest absolute Gasteiger partial charge is 0.341 e. The quantitative estimate of drug-likeness (QED) is 0.574. The first-order chi connectivity index (χ1) is 5.24. The maximum Gasteiger partial charge on any atom is 0.226 e. The van der Waals surface area contributed by atoms with Crippen molar-refractivity contribution in [1.29, 1.82) is 0 Å². The molecule has 0 spiro atoms. The zero-order valence-electron chi connectivity index (χ0n) is 6.62. The Labute approximate surface area is 66.9 Å². The van der Waals surface area contributed by atoms with E-state index < -0.39 is 0 Å². The first-order valence-electron chi connectivity index (χ1n) is 3.88. The molecule has 0 aromatic heterocycles. The highest BCUT2D eigenvalue weighted by atomic mass is 16.2. The van der Waals surface area contributed by atoms with Crippen LogP contribution in [0.1, 0.15) is 12.8 Å². The first kappa shape index (κ1) is 8.27. The average Bonchev–Trinajstić information content (AvgIpc) is 2.36. The third-order valence-electron chi connectivity index (χ3n) is 1.90. The van der Waals surface area contributed by atoms with Crippen molar-refractivity contribution >= 4 is 5.91 Å². The molecule has 1 atom stereocenters. The highest BCUT2D eigenvalue weighted by molar-refractivity contribution is 5.77. The van der Waals surface area contributed by atoms with Crippen molar-refractivity contribution in [3.63, 3.8) is 0 Å². The number of hydrogen-bond acceptors (Lipinski definition) is 2. The molecular formula is C8H14N2O. The highest BCUT2D eigenvalue weighted by Crippen LogP contribution is 2.08. The SMILES string of the molecule is C=CCC(=O)N1CC[C@@H](N)C1. The molecule has 3 heteroatoms. The molecule has 0 saturated carbocycles. The van der Waals surface area contributed by atoms with Gasteiger partial charge in [0.2, 0.25) is 5.91 Å². The van der Waals surface area contributed by atoms with Gasteiger partial charge < -0.3 is 10.6 Å². The van der Waals surface area contributed by atoms with Crippen LogP contribution in [-0.4, -0.2) is 29.9 Å². The van der Waals surface area contributed by atoms with Crippen molar-refractivity contribution in [3.05, 3.63) is 12.7 Å². The molecule has 2 N–H and O–H groups in total. The molecule has 0 bridgehead atoms. The number of likely N-dealkylation sites (tertiary alicyclic amines) is 1. The Balaban J connectivity index is 2.36. The number of rotatable bonds is 2. The molecule has 1 rings (SSSR count). The lowest BCUT2D eigenvalue weighted by Crippen LogP contribution is -2.31. The summed E-state index contributed by atoms with van der Waals surface area (Å²) in [4.78, 5) is 13.0. The fraction of sp³-hybridized carbons (Fsp3) is 0.625. The molecule has 1 heterocycles. The summed E-state index contributed by atoms with van der Waals surface area (Å²) in [5, 5.41) is 0. The highest BCUT2D eigenvalue weighted by Gasteiger charge is 2.21. The van der Waals surface area contributed by atoms with E-state index in [0.717, 1.165) is 13.0 Å². The molecule has 0 aliphatic carbocycles. The summed E-state index contributed by atoms with van der Waals surface area (Å²) in [6.07, 6.45) is 3.00. The Morgan fingerprint density at radius 2 is 2.55 bits per heavy atom. The molecule has 1 fully saturated rings. The third kappa shape index (κ3) is 2.05. The fourth-order valence-corrected chi connectivity index (χ4v) is 1.27. The van der Waals surface area contributed by atoms with Crippen LogP contribution < -0.4 is 5.73 Å². The van der Waals surface area contributed by atoms with Crippen LogP contribution in [0.3, 0.4) is 0 Å². The molecule has 11 heavy (non-hydrogen) atoms. The lowest BCUT2D eigenvalue weighted by molar-refractivity contribution is -0.129. The van der Waals surface area contributed by atoms with E-state index in [-0.39, 0.29) is 11.9 Å². The molecule has 3 nitrogen and oxygen atoms in total. The van der Waals surface area contributed by atoms with Gasteiger partial charge in [0, 0.05) is 25.6 Å². The maximum absolute atomic E-state index is 11.2. The smallest absolute Gasteiger partial charge is 0.226 e. The molecule has 0 radical (unpaired) electrons. The molecule has 62 valence electrons. The molecule has 0 aromatic carbocycles. The van der Waals surface area contributed by atoms with E-state index in [1.165, 1.54) is 0 Å². The van der Waals surface area contributed by atoms with Crippen LogP contribution >= 0.6 is 0 Å². The zero-order valence-corrected chi connectivity index (χ0v) is 6.62. The predicted molar refractivity (Wildman–Crippen MR) is 44.0 cm³/mol. The van der Waals surface area contributed by atoms with Crippen LogP contribution in [0.5, 0.6) is 0 Å². The van der Waals surface area contributed by atoms with Crippen molar-refractivity contribution in [1.82, 2.24) is 4.90 Å². The van der Waals surface area contributed by atoms with Gasteiger partial charge in [-0.15, -0.1) is 6.58 Å². The molecular weight excluding hydrogens is 140 g/mol. The second-order valence-electron chi connectivity index (χ2n) is 2.88. The van der Waals surface area contributed by atoms with E-state index >= 15 is 0 Å². The van der Waals surface area contributed by atoms with E-state index in [0.29, 0.717) is 13.0 Å². The topological polar surface area (TPSA) is 46.3 Å². The number of carbonyl (C=O) groups excluding carboxylic acids is 1. The fourth-order valence-electron chi connectivity index (χ4n) is 1.27. The summed E-state index contributed by atoms with van der Waals surface area (Å²) in [6.45, 7) is 5.04. The summed E-state index contributed by atoms with van der Waals surface area (Å²) >= 11 is 0. The van der Waals surface area contributed by atoms with Gasteiger partial charge in [0.25, 0.3) is 0 Å². The normalized spacial score (nSPS) is 23.7. The average molecular weight is 154 g/mol. The lowest BCUT2D eigenvalue weighted by atomic mass is 10.3. The van der Waals surface area contributed by atoms with E-state index in [2.05, 4.69) is 6.58 Å². The van der Waals surface area contributed by atoms with Gasteiger partial charge in [0.15, 0.2) is 0 Å². The van der Waals surface area contributed by atoms with E-state index in [1.54, 1.807) is 11.0 Å². The Morgan fingerprint density at radius 1 is 1.82 bits per heavy atom. The lowest BCUT2D eigenvalue weighted by Gasteiger charge is -2.13. The van der Waals surface area contributed by atoms with Crippen molar-refractivity contribution in [3.8, 4) is 0 Å². The van der Waals surface area contributed by atoms with Crippen molar-refractivity contribution in [2.75, 3.05) is 13.1 Å². The van der Waals surface area contributed by atoms with E-state index in [9.17, 15) is 4.79 Å². The summed E-state index contributed by atoms with van der Waals surface area (Å²) in [5.74, 6) is 0.146. The number of nitrogens with zero attached hydrogens (tertiary/aromatic N) is 1. The van der Waals surface area contributed by atoms with E-state index in [4.69, 9.17) is 5.73 Å². The van der Waals surface area contributed by atoms with Gasteiger partial charge in [-0.3, -0.25) is 4.79 Å². The van der Waals surface area contributed by atoms with Crippen LogP contribution in [0.2, 0.25) is 0 Å². The monoisotopic (exact) mass is 154 g/mol. The molecule has 1 aliphatic heterocycles. The number of nitrogens with two attached hydrogens (primary N) is 1. The first-order valence-corrected chi connectivity index (χ1v) is 3.88. The van der Waals surface area contributed by atoms with Crippen LogP contribution in [0, 0.1) is 0 Å². The van der Waals surface area contributed by atoms with Crippen LogP contribution in [0.4, 0.5) is 0 Å². The minimum Gasteiger partial charge on any atom is -0.341 e. The molecule has 1 aliphatic rings. The number of carbonyl (C=O) groups is 1. The second kappa shape index (κ2) is 3.53. The van der Waals surface area contributed by atoms with Crippen LogP contribution in [-0.2, 0) is 4.79 Å². The standard InChI is InChI=1S/C8H14N2O/c1-2-3-8(11)10-5-4-7(9)6-10/h2,7H,1,3-6,9H2/t7-/m1/s1. The van der Waals surface area contributed by atoms with Gasteiger partial charge in [-0.05, 0) is 6.42 Å². The Kier molecular flexibility index (Phi) is 2.65. The van der Waals surface area contributed by atoms with Crippen molar-refractivity contribution < 1.29 is 4.79 Å². The van der Waals surface area contributed by atoms with Gasteiger partial charge in [0.05, 0.1) is 0 Å². The molecule has 0 aromatic rings. The van der Waals surface area contributed by atoms with Gasteiger partial charge in [0.1, 0.15) is 0 Å². The Hall–Kier alpha value is -0.830. The van der Waals surface area contributed by atoms with Crippen molar-refractivity contribution in [2.45, 2.75) is 18.9 Å². The van der Waals surface area contributed by atoms with Gasteiger partial charge in [-0.2, -0.15) is 0 Å². The predicted octanol–water partition coefficient (Wildman–Crippen LogP) is 0.122. The van der Waals surface area contributed by atoms with Crippen LogP contribution in [0.25, 0.3) is 0 Å². The van der Waals surface area contributed by atoms with Crippen molar-refractivity contribution in [2.24, 2.45) is 5.73 Å².